The lowest BCUT2D eigenvalue weighted by molar-refractivity contribution is -0.130. The molecule has 0 spiro atoms. The molecule has 0 unspecified atom stereocenters. The Morgan fingerprint density at radius 2 is 2.19 bits per heavy atom. The third-order valence-electron chi connectivity index (χ3n) is 3.38. The van der Waals surface area contributed by atoms with Crippen molar-refractivity contribution in [3.8, 4) is 0 Å². The quantitative estimate of drug-likeness (QED) is 0.898. The molecule has 21 heavy (non-hydrogen) atoms. The van der Waals surface area contributed by atoms with Gasteiger partial charge in [0.05, 0.1) is 18.2 Å². The molecule has 0 aromatic heterocycles. The summed E-state index contributed by atoms with van der Waals surface area (Å²) in [7, 11) is 1.48. The number of methoxy groups -OCH3 is 1. The van der Waals surface area contributed by atoms with E-state index in [1.165, 1.54) is 37.1 Å². The van der Waals surface area contributed by atoms with Crippen molar-refractivity contribution in [1.29, 1.82) is 0 Å². The maximum Gasteiger partial charge on any atom is 0.290 e. The SMILES string of the molecule is COCCN1C(=O)C(O)=C(C(C)=O)[C@@H]1c1cccc(F)c1. The van der Waals surface area contributed by atoms with Gasteiger partial charge in [0, 0.05) is 13.7 Å². The van der Waals surface area contributed by atoms with Crippen LogP contribution >= 0.6 is 0 Å². The number of Topliss-reactive ketones (excluding diaryl/α,β-unsaturated/α-hetero) is 1. The standard InChI is InChI=1S/C15H16FNO4/c1-9(18)12-13(10-4-3-5-11(16)8-10)17(6-7-21-2)15(20)14(12)19/h3-5,8,13,19H,6-7H2,1-2H3/t13-/m0/s1. The smallest absolute Gasteiger partial charge is 0.290 e. The van der Waals surface area contributed by atoms with Crippen LogP contribution in [0.5, 0.6) is 0 Å². The molecule has 0 radical (unpaired) electrons. The van der Waals surface area contributed by atoms with Gasteiger partial charge < -0.3 is 14.7 Å². The highest BCUT2D eigenvalue weighted by molar-refractivity contribution is 6.08. The van der Waals surface area contributed by atoms with Gasteiger partial charge in [-0.3, -0.25) is 9.59 Å². The highest BCUT2D eigenvalue weighted by Gasteiger charge is 2.42. The van der Waals surface area contributed by atoms with Crippen molar-refractivity contribution in [1.82, 2.24) is 4.90 Å². The average Bonchev–Trinajstić information content (AvgIpc) is 2.69. The highest BCUT2D eigenvalue weighted by Crippen LogP contribution is 2.37. The van der Waals surface area contributed by atoms with Gasteiger partial charge in [0.1, 0.15) is 5.82 Å². The van der Waals surface area contributed by atoms with Crippen molar-refractivity contribution in [2.45, 2.75) is 13.0 Å². The first kappa shape index (κ1) is 15.2. The molecule has 1 aliphatic rings. The number of benzene rings is 1. The van der Waals surface area contributed by atoms with Crippen molar-refractivity contribution in [3.05, 3.63) is 47.0 Å². The Balaban J connectivity index is 2.48. The van der Waals surface area contributed by atoms with Crippen molar-refractivity contribution in [3.63, 3.8) is 0 Å². The van der Waals surface area contributed by atoms with Crippen molar-refractivity contribution in [2.75, 3.05) is 20.3 Å². The number of rotatable bonds is 5. The van der Waals surface area contributed by atoms with Gasteiger partial charge in [0.25, 0.3) is 5.91 Å². The summed E-state index contributed by atoms with van der Waals surface area (Å²) < 4.78 is 18.4. The van der Waals surface area contributed by atoms with Crippen molar-refractivity contribution >= 4 is 11.7 Å². The van der Waals surface area contributed by atoms with E-state index in [-0.39, 0.29) is 18.7 Å². The number of amides is 1. The summed E-state index contributed by atoms with van der Waals surface area (Å²) in [5.74, 6) is -2.12. The van der Waals surface area contributed by atoms with Crippen LogP contribution in [0.4, 0.5) is 4.39 Å². The zero-order chi connectivity index (χ0) is 15.6. The van der Waals surface area contributed by atoms with E-state index in [1.807, 2.05) is 0 Å². The average molecular weight is 293 g/mol. The highest BCUT2D eigenvalue weighted by atomic mass is 19.1. The summed E-state index contributed by atoms with van der Waals surface area (Å²) in [5, 5.41) is 9.93. The molecule has 112 valence electrons. The first-order valence-electron chi connectivity index (χ1n) is 6.46. The number of ether oxygens (including phenoxy) is 1. The number of hydrogen-bond acceptors (Lipinski definition) is 4. The first-order chi connectivity index (χ1) is 9.97. The zero-order valence-corrected chi connectivity index (χ0v) is 11.8. The van der Waals surface area contributed by atoms with Crippen LogP contribution in [0.2, 0.25) is 0 Å². The number of aliphatic hydroxyl groups is 1. The monoisotopic (exact) mass is 293 g/mol. The Bertz CT molecular complexity index is 611. The molecule has 0 saturated carbocycles. The Hall–Kier alpha value is -2.21. The van der Waals surface area contributed by atoms with Gasteiger partial charge in [0.15, 0.2) is 11.5 Å². The van der Waals surface area contributed by atoms with Gasteiger partial charge in [-0.25, -0.2) is 4.39 Å². The Morgan fingerprint density at radius 1 is 1.48 bits per heavy atom. The van der Waals surface area contributed by atoms with E-state index in [0.717, 1.165) is 0 Å². The van der Waals surface area contributed by atoms with E-state index in [2.05, 4.69) is 0 Å². The second-order valence-corrected chi connectivity index (χ2v) is 4.77. The number of aliphatic hydroxyl groups excluding tert-OH is 1. The molecule has 1 aliphatic heterocycles. The number of nitrogens with zero attached hydrogens (tertiary/aromatic N) is 1. The van der Waals surface area contributed by atoms with Gasteiger partial charge in [-0.2, -0.15) is 0 Å². The van der Waals surface area contributed by atoms with Crippen molar-refractivity contribution in [2.24, 2.45) is 0 Å². The molecule has 6 heteroatoms. The van der Waals surface area contributed by atoms with E-state index in [4.69, 9.17) is 4.74 Å². The molecule has 1 heterocycles. The molecule has 0 fully saturated rings. The molecule has 0 aliphatic carbocycles. The van der Waals surface area contributed by atoms with Gasteiger partial charge in [-0.1, -0.05) is 12.1 Å². The number of carbonyl (C=O) groups excluding carboxylic acids is 2. The van der Waals surface area contributed by atoms with E-state index in [1.54, 1.807) is 6.07 Å². The summed E-state index contributed by atoms with van der Waals surface area (Å²) >= 11 is 0. The lowest BCUT2D eigenvalue weighted by Gasteiger charge is -2.26. The Labute approximate surface area is 121 Å². The van der Waals surface area contributed by atoms with Crippen LogP contribution in [0.25, 0.3) is 0 Å². The van der Waals surface area contributed by atoms with E-state index >= 15 is 0 Å². The summed E-state index contributed by atoms with van der Waals surface area (Å²) in [6.45, 7) is 1.71. The summed E-state index contributed by atoms with van der Waals surface area (Å²) in [6, 6.07) is 4.84. The van der Waals surface area contributed by atoms with Crippen molar-refractivity contribution < 1.29 is 23.8 Å². The fraction of sp³-hybridized carbons (Fsp3) is 0.333. The molecule has 1 atom stereocenters. The fourth-order valence-electron chi connectivity index (χ4n) is 2.46. The molecular formula is C15H16FNO4. The fourth-order valence-corrected chi connectivity index (χ4v) is 2.46. The predicted octanol–water partition coefficient (Wildman–Crippen LogP) is 1.76. The van der Waals surface area contributed by atoms with Gasteiger partial charge in [-0.05, 0) is 24.6 Å². The van der Waals surface area contributed by atoms with Crippen LogP contribution in [0.3, 0.4) is 0 Å². The molecule has 1 amide bonds. The Morgan fingerprint density at radius 3 is 2.76 bits per heavy atom. The minimum atomic E-state index is -0.791. The normalized spacial score (nSPS) is 18.5. The van der Waals surface area contributed by atoms with Crippen LogP contribution in [0.15, 0.2) is 35.6 Å². The summed E-state index contributed by atoms with van der Waals surface area (Å²) in [6.07, 6.45) is 0. The maximum absolute atomic E-state index is 13.4. The first-order valence-corrected chi connectivity index (χ1v) is 6.46. The Kier molecular flexibility index (Phi) is 4.37. The largest absolute Gasteiger partial charge is 0.503 e. The number of ketones is 1. The van der Waals surface area contributed by atoms with Gasteiger partial charge >= 0.3 is 0 Å². The van der Waals surface area contributed by atoms with Crippen LogP contribution in [-0.4, -0.2) is 42.0 Å². The minimum absolute atomic E-state index is 0.0123. The topological polar surface area (TPSA) is 66.8 Å². The molecule has 1 aromatic carbocycles. The molecular weight excluding hydrogens is 277 g/mol. The van der Waals surface area contributed by atoms with E-state index < -0.39 is 29.3 Å². The van der Waals surface area contributed by atoms with Crippen LogP contribution in [0.1, 0.15) is 18.5 Å². The lowest BCUT2D eigenvalue weighted by Crippen LogP contribution is -2.33. The molecule has 2 rings (SSSR count). The molecule has 1 N–H and O–H groups in total. The number of hydrogen-bond donors (Lipinski definition) is 1. The zero-order valence-electron chi connectivity index (χ0n) is 11.8. The van der Waals surface area contributed by atoms with Gasteiger partial charge in [-0.15, -0.1) is 0 Å². The molecule has 0 saturated heterocycles. The van der Waals surface area contributed by atoms with E-state index in [0.29, 0.717) is 5.56 Å². The minimum Gasteiger partial charge on any atom is -0.503 e. The lowest BCUT2D eigenvalue weighted by atomic mass is 9.97. The molecule has 5 nitrogen and oxygen atoms in total. The number of carbonyl (C=O) groups is 2. The summed E-state index contributed by atoms with van der Waals surface area (Å²) in [4.78, 5) is 25.2. The van der Waals surface area contributed by atoms with Crippen LogP contribution in [0, 0.1) is 5.82 Å². The third-order valence-corrected chi connectivity index (χ3v) is 3.38. The second-order valence-electron chi connectivity index (χ2n) is 4.77. The predicted molar refractivity (Wildman–Crippen MR) is 73.1 cm³/mol. The molecule has 0 bridgehead atoms. The number of halogens is 1. The van der Waals surface area contributed by atoms with Crippen LogP contribution in [-0.2, 0) is 14.3 Å². The summed E-state index contributed by atoms with van der Waals surface area (Å²) in [5.41, 5.74) is 0.426. The van der Waals surface area contributed by atoms with Gasteiger partial charge in [0.2, 0.25) is 0 Å². The molecule has 1 aromatic rings. The maximum atomic E-state index is 13.4. The second kappa shape index (κ2) is 6.05. The van der Waals surface area contributed by atoms with E-state index in [9.17, 15) is 19.1 Å². The van der Waals surface area contributed by atoms with Crippen LogP contribution < -0.4 is 0 Å². The third kappa shape index (κ3) is 2.80.